The molecular formula is C15H25N3O2. The topological polar surface area (TPSA) is 64.6 Å². The maximum Gasteiger partial charge on any atom is 0.319 e. The summed E-state index contributed by atoms with van der Waals surface area (Å²) in [7, 11) is 3.97. The largest absolute Gasteiger partial charge is 0.396 e. The molecule has 0 aliphatic carbocycles. The summed E-state index contributed by atoms with van der Waals surface area (Å²) in [5.41, 5.74) is 2.93. The van der Waals surface area contributed by atoms with Gasteiger partial charge in [0.1, 0.15) is 0 Å². The van der Waals surface area contributed by atoms with Crippen molar-refractivity contribution in [3.8, 4) is 0 Å². The van der Waals surface area contributed by atoms with Gasteiger partial charge in [-0.05, 0) is 43.0 Å². The Morgan fingerprint density at radius 1 is 1.40 bits per heavy atom. The number of benzene rings is 1. The highest BCUT2D eigenvalue weighted by Crippen LogP contribution is 2.21. The summed E-state index contributed by atoms with van der Waals surface area (Å²) >= 11 is 0. The van der Waals surface area contributed by atoms with E-state index in [4.69, 9.17) is 5.11 Å². The first-order valence-electron chi connectivity index (χ1n) is 6.87. The van der Waals surface area contributed by atoms with Crippen molar-refractivity contribution in [1.29, 1.82) is 0 Å². The van der Waals surface area contributed by atoms with E-state index >= 15 is 0 Å². The number of hydrogen-bond acceptors (Lipinski definition) is 3. The quantitative estimate of drug-likeness (QED) is 0.748. The Morgan fingerprint density at radius 3 is 2.65 bits per heavy atom. The van der Waals surface area contributed by atoms with Gasteiger partial charge in [0, 0.05) is 38.6 Å². The second-order valence-electron chi connectivity index (χ2n) is 5.35. The van der Waals surface area contributed by atoms with E-state index in [1.54, 1.807) is 0 Å². The van der Waals surface area contributed by atoms with E-state index in [-0.39, 0.29) is 18.6 Å². The Labute approximate surface area is 121 Å². The number of carbonyl (C=O) groups is 1. The molecule has 0 bridgehead atoms. The smallest absolute Gasteiger partial charge is 0.319 e. The fourth-order valence-corrected chi connectivity index (χ4v) is 1.82. The molecule has 1 atom stereocenters. The first-order chi connectivity index (χ1) is 9.43. The van der Waals surface area contributed by atoms with Crippen molar-refractivity contribution in [3.63, 3.8) is 0 Å². The van der Waals surface area contributed by atoms with Crippen LogP contribution in [0.4, 0.5) is 16.2 Å². The normalized spacial score (nSPS) is 11.8. The minimum Gasteiger partial charge on any atom is -0.396 e. The number of nitrogens with zero attached hydrogens (tertiary/aromatic N) is 1. The average molecular weight is 279 g/mol. The molecule has 5 nitrogen and oxygen atoms in total. The highest BCUT2D eigenvalue weighted by Gasteiger charge is 2.07. The van der Waals surface area contributed by atoms with Crippen LogP contribution in [0.1, 0.15) is 18.9 Å². The fraction of sp³-hybridized carbons (Fsp3) is 0.533. The van der Waals surface area contributed by atoms with E-state index in [2.05, 4.69) is 10.6 Å². The van der Waals surface area contributed by atoms with E-state index in [1.807, 2.05) is 51.0 Å². The number of hydrogen-bond donors (Lipinski definition) is 3. The van der Waals surface area contributed by atoms with Gasteiger partial charge in [-0.2, -0.15) is 0 Å². The molecular weight excluding hydrogens is 254 g/mol. The summed E-state index contributed by atoms with van der Waals surface area (Å²) in [6.45, 7) is 4.67. The van der Waals surface area contributed by atoms with Gasteiger partial charge in [0.05, 0.1) is 0 Å². The molecule has 0 aliphatic heterocycles. The first kappa shape index (κ1) is 16.3. The molecule has 0 saturated carbocycles. The molecule has 3 N–H and O–H groups in total. The third-order valence-electron chi connectivity index (χ3n) is 3.21. The number of amides is 2. The van der Waals surface area contributed by atoms with Crippen molar-refractivity contribution in [1.82, 2.24) is 5.32 Å². The Hall–Kier alpha value is -1.75. The third kappa shape index (κ3) is 5.09. The molecule has 0 saturated heterocycles. The molecule has 1 unspecified atom stereocenters. The third-order valence-corrected chi connectivity index (χ3v) is 3.21. The van der Waals surface area contributed by atoms with Crippen LogP contribution in [-0.2, 0) is 0 Å². The molecule has 5 heteroatoms. The molecule has 1 aromatic carbocycles. The van der Waals surface area contributed by atoms with Crippen LogP contribution in [0.2, 0.25) is 0 Å². The lowest BCUT2D eigenvalue weighted by Crippen LogP contribution is -2.32. The van der Waals surface area contributed by atoms with Gasteiger partial charge in [-0.3, -0.25) is 0 Å². The van der Waals surface area contributed by atoms with Gasteiger partial charge < -0.3 is 20.6 Å². The molecule has 0 aliphatic rings. The number of aliphatic hydroxyl groups is 1. The van der Waals surface area contributed by atoms with Gasteiger partial charge in [-0.15, -0.1) is 0 Å². The fourth-order valence-electron chi connectivity index (χ4n) is 1.82. The monoisotopic (exact) mass is 279 g/mol. The van der Waals surface area contributed by atoms with Gasteiger partial charge in [0.25, 0.3) is 0 Å². The highest BCUT2D eigenvalue weighted by atomic mass is 16.3. The zero-order valence-electron chi connectivity index (χ0n) is 12.7. The number of anilines is 2. The van der Waals surface area contributed by atoms with Crippen molar-refractivity contribution >= 4 is 17.4 Å². The van der Waals surface area contributed by atoms with Crippen LogP contribution in [-0.4, -0.2) is 38.4 Å². The van der Waals surface area contributed by atoms with Gasteiger partial charge in [0.15, 0.2) is 0 Å². The van der Waals surface area contributed by atoms with Crippen LogP contribution in [0, 0.1) is 12.8 Å². The Morgan fingerprint density at radius 2 is 2.10 bits per heavy atom. The average Bonchev–Trinajstić information content (AvgIpc) is 2.39. The minimum atomic E-state index is -0.213. The Kier molecular flexibility index (Phi) is 6.31. The van der Waals surface area contributed by atoms with Crippen molar-refractivity contribution < 1.29 is 9.90 Å². The Bertz CT molecular complexity index is 447. The molecule has 0 radical (unpaired) electrons. The number of nitrogens with one attached hydrogen (secondary N) is 2. The lowest BCUT2D eigenvalue weighted by atomic mass is 10.1. The van der Waals surface area contributed by atoms with Crippen LogP contribution in [0.5, 0.6) is 0 Å². The summed E-state index contributed by atoms with van der Waals surface area (Å²) in [4.78, 5) is 13.8. The standard InChI is InChI=1S/C15H25N3O2/c1-11(7-8-19)10-16-15(20)17-14-6-5-13(18(3)4)9-12(14)2/h5-6,9,11,19H,7-8,10H2,1-4H3,(H2,16,17,20). The molecule has 0 spiro atoms. The lowest BCUT2D eigenvalue weighted by Gasteiger charge is -2.16. The van der Waals surface area contributed by atoms with Crippen molar-refractivity contribution in [2.75, 3.05) is 37.5 Å². The highest BCUT2D eigenvalue weighted by molar-refractivity contribution is 5.90. The second-order valence-corrected chi connectivity index (χ2v) is 5.35. The summed E-state index contributed by atoms with van der Waals surface area (Å²) in [5, 5.41) is 14.5. The molecule has 112 valence electrons. The van der Waals surface area contributed by atoms with Crippen LogP contribution in [0.25, 0.3) is 0 Å². The van der Waals surface area contributed by atoms with Crippen molar-refractivity contribution in [3.05, 3.63) is 23.8 Å². The van der Waals surface area contributed by atoms with Gasteiger partial charge in [-0.1, -0.05) is 6.92 Å². The summed E-state index contributed by atoms with van der Waals surface area (Å²) < 4.78 is 0. The summed E-state index contributed by atoms with van der Waals surface area (Å²) in [5.74, 6) is 0.267. The van der Waals surface area contributed by atoms with E-state index in [1.165, 1.54) is 0 Å². The zero-order valence-corrected chi connectivity index (χ0v) is 12.7. The molecule has 0 aromatic heterocycles. The van der Waals surface area contributed by atoms with E-state index in [0.717, 1.165) is 16.9 Å². The minimum absolute atomic E-state index is 0.148. The number of urea groups is 1. The van der Waals surface area contributed by atoms with E-state index in [0.29, 0.717) is 13.0 Å². The van der Waals surface area contributed by atoms with Crippen LogP contribution >= 0.6 is 0 Å². The maximum absolute atomic E-state index is 11.8. The second kappa shape index (κ2) is 7.75. The molecule has 1 rings (SSSR count). The number of aliphatic hydroxyl groups excluding tert-OH is 1. The van der Waals surface area contributed by atoms with Crippen LogP contribution in [0.15, 0.2) is 18.2 Å². The van der Waals surface area contributed by atoms with Crippen molar-refractivity contribution in [2.45, 2.75) is 20.3 Å². The van der Waals surface area contributed by atoms with E-state index in [9.17, 15) is 4.79 Å². The van der Waals surface area contributed by atoms with Crippen LogP contribution in [0.3, 0.4) is 0 Å². The number of carbonyl (C=O) groups excluding carboxylic acids is 1. The lowest BCUT2D eigenvalue weighted by molar-refractivity contribution is 0.243. The van der Waals surface area contributed by atoms with Gasteiger partial charge >= 0.3 is 6.03 Å². The SMILES string of the molecule is Cc1cc(N(C)C)ccc1NC(=O)NCC(C)CCO. The predicted molar refractivity (Wildman–Crippen MR) is 83.4 cm³/mol. The van der Waals surface area contributed by atoms with Crippen LogP contribution < -0.4 is 15.5 Å². The number of aryl methyl sites for hydroxylation is 1. The summed E-state index contributed by atoms with van der Waals surface area (Å²) in [6, 6.07) is 5.69. The molecule has 2 amide bonds. The molecule has 20 heavy (non-hydrogen) atoms. The maximum atomic E-state index is 11.8. The molecule has 0 fully saturated rings. The van der Waals surface area contributed by atoms with Gasteiger partial charge in [0.2, 0.25) is 0 Å². The predicted octanol–water partition coefficient (Wildman–Crippen LogP) is 2.20. The summed E-state index contributed by atoms with van der Waals surface area (Å²) in [6.07, 6.45) is 0.691. The Balaban J connectivity index is 2.54. The number of rotatable bonds is 6. The van der Waals surface area contributed by atoms with E-state index < -0.39 is 0 Å². The zero-order chi connectivity index (χ0) is 15.1. The molecule has 0 heterocycles. The molecule has 1 aromatic rings. The van der Waals surface area contributed by atoms with Gasteiger partial charge in [-0.25, -0.2) is 4.79 Å². The first-order valence-corrected chi connectivity index (χ1v) is 6.87. The van der Waals surface area contributed by atoms with Crippen molar-refractivity contribution in [2.24, 2.45) is 5.92 Å².